The number of H-pyrrole nitrogens is 1. The number of aromatic amines is 1. The molecule has 2 aliphatic rings. The van der Waals surface area contributed by atoms with Crippen LogP contribution in [0.4, 0.5) is 16.2 Å². The van der Waals surface area contributed by atoms with Crippen molar-refractivity contribution in [2.75, 3.05) is 16.8 Å². The van der Waals surface area contributed by atoms with Crippen LogP contribution >= 0.6 is 0 Å². The van der Waals surface area contributed by atoms with Crippen molar-refractivity contribution in [1.29, 1.82) is 0 Å². The number of nitrogens with one attached hydrogen (secondary N) is 2. The average molecular weight is 475 g/mol. The van der Waals surface area contributed by atoms with Gasteiger partial charge in [0.2, 0.25) is 11.8 Å². The van der Waals surface area contributed by atoms with E-state index >= 15 is 0 Å². The van der Waals surface area contributed by atoms with Crippen molar-refractivity contribution in [2.45, 2.75) is 45.8 Å². The first-order chi connectivity index (χ1) is 16.6. The lowest BCUT2D eigenvalue weighted by atomic mass is 9.98. The summed E-state index contributed by atoms with van der Waals surface area (Å²) in [6.45, 7) is 7.52. The number of nitrogens with zero attached hydrogens (tertiary/aromatic N) is 2. The third kappa shape index (κ3) is 4.25. The molecule has 0 saturated carbocycles. The number of amides is 2. The number of anilines is 2. The number of carbonyl (C=O) groups excluding carboxylic acids is 3. The van der Waals surface area contributed by atoms with Gasteiger partial charge in [-0.2, -0.15) is 0 Å². The number of aromatic nitrogens is 2. The van der Waals surface area contributed by atoms with E-state index in [4.69, 9.17) is 9.47 Å². The fourth-order valence-corrected chi connectivity index (χ4v) is 4.42. The van der Waals surface area contributed by atoms with Gasteiger partial charge in [0.1, 0.15) is 11.3 Å². The first-order valence-corrected chi connectivity index (χ1v) is 11.4. The highest BCUT2D eigenvalue weighted by Gasteiger charge is 2.37. The van der Waals surface area contributed by atoms with Gasteiger partial charge < -0.3 is 19.8 Å². The maximum Gasteiger partial charge on any atom is 0.415 e. The Hall–Kier alpha value is -4.14. The van der Waals surface area contributed by atoms with Gasteiger partial charge >= 0.3 is 6.09 Å². The maximum absolute atomic E-state index is 13.3. The summed E-state index contributed by atoms with van der Waals surface area (Å²) < 4.78 is 11.9. The molecule has 9 nitrogen and oxygen atoms in total. The Balaban J connectivity index is 1.57. The van der Waals surface area contributed by atoms with Crippen molar-refractivity contribution in [1.82, 2.24) is 9.97 Å². The largest absolute Gasteiger partial charge is 0.464 e. The Morgan fingerprint density at radius 3 is 2.77 bits per heavy atom. The fourth-order valence-electron chi connectivity index (χ4n) is 4.42. The highest BCUT2D eigenvalue weighted by atomic mass is 16.6. The molecule has 4 heterocycles. The summed E-state index contributed by atoms with van der Waals surface area (Å²) in [6.07, 6.45) is 1.69. The van der Waals surface area contributed by atoms with E-state index in [0.29, 0.717) is 29.4 Å². The predicted octanol–water partition coefficient (Wildman–Crippen LogP) is 4.57. The standard InChI is InChI=1S/C26H26N4O5/c1-14-18(15-5-7-19-16(9-15)10-22(32)29-19)11-27-24-23(14)30(25(33)35-26(2,3)4)12-21(34-24)20-8-6-17(13-31)28-20/h5-9,11,13,21,28H,10,12H2,1-4H3,(H,29,32). The Labute approximate surface area is 202 Å². The molecular formula is C26H26N4O5. The summed E-state index contributed by atoms with van der Waals surface area (Å²) in [5, 5.41) is 2.84. The SMILES string of the molecule is Cc1c(-c2ccc3c(c2)CC(=O)N3)cnc2c1N(C(=O)OC(C)(C)C)CC(c1ccc(C=O)[nH]1)O2. The molecule has 5 rings (SSSR count). The molecule has 1 atom stereocenters. The molecule has 2 N–H and O–H groups in total. The number of hydrogen-bond donors (Lipinski definition) is 2. The first-order valence-electron chi connectivity index (χ1n) is 11.4. The maximum atomic E-state index is 13.3. The Bertz CT molecular complexity index is 1350. The van der Waals surface area contributed by atoms with Gasteiger partial charge in [0.05, 0.1) is 24.4 Å². The van der Waals surface area contributed by atoms with E-state index in [2.05, 4.69) is 15.3 Å². The molecule has 35 heavy (non-hydrogen) atoms. The van der Waals surface area contributed by atoms with Gasteiger partial charge in [-0.15, -0.1) is 0 Å². The van der Waals surface area contributed by atoms with Crippen LogP contribution in [0.2, 0.25) is 0 Å². The number of hydrogen-bond acceptors (Lipinski definition) is 6. The molecular weight excluding hydrogens is 448 g/mol. The molecule has 0 aliphatic carbocycles. The molecule has 1 aromatic carbocycles. The minimum absolute atomic E-state index is 0.0324. The normalized spacial score (nSPS) is 16.7. The molecule has 1 unspecified atom stereocenters. The number of fused-ring (bicyclic) bond motifs is 2. The topological polar surface area (TPSA) is 114 Å². The molecule has 0 saturated heterocycles. The molecule has 2 amide bonds. The van der Waals surface area contributed by atoms with E-state index in [9.17, 15) is 14.4 Å². The third-order valence-corrected chi connectivity index (χ3v) is 6.01. The zero-order chi connectivity index (χ0) is 24.9. The van der Waals surface area contributed by atoms with Gasteiger partial charge in [-0.1, -0.05) is 6.07 Å². The van der Waals surface area contributed by atoms with Gasteiger partial charge in [0.25, 0.3) is 0 Å². The molecule has 0 spiro atoms. The lowest BCUT2D eigenvalue weighted by Gasteiger charge is -2.36. The van der Waals surface area contributed by atoms with Crippen molar-refractivity contribution in [3.05, 3.63) is 59.0 Å². The summed E-state index contributed by atoms with van der Waals surface area (Å²) in [6, 6.07) is 9.18. The first kappa shape index (κ1) is 22.6. The van der Waals surface area contributed by atoms with Gasteiger partial charge in [-0.05, 0) is 68.7 Å². The number of pyridine rings is 1. The summed E-state index contributed by atoms with van der Waals surface area (Å²) in [4.78, 5) is 45.4. The van der Waals surface area contributed by atoms with Crippen molar-refractivity contribution < 1.29 is 23.9 Å². The van der Waals surface area contributed by atoms with Crippen LogP contribution in [-0.2, 0) is 16.0 Å². The number of ether oxygens (including phenoxy) is 2. The van der Waals surface area contributed by atoms with Gasteiger partial charge in [-0.3, -0.25) is 14.5 Å². The number of rotatable bonds is 3. The quantitative estimate of drug-likeness (QED) is 0.538. The van der Waals surface area contributed by atoms with E-state index in [1.807, 2.05) is 45.9 Å². The fraction of sp³-hybridized carbons (Fsp3) is 0.308. The van der Waals surface area contributed by atoms with E-state index in [-0.39, 0.29) is 12.5 Å². The predicted molar refractivity (Wildman–Crippen MR) is 130 cm³/mol. The molecule has 3 aromatic rings. The van der Waals surface area contributed by atoms with Crippen LogP contribution < -0.4 is 15.0 Å². The molecule has 180 valence electrons. The second-order valence-electron chi connectivity index (χ2n) is 9.73. The molecule has 2 aromatic heterocycles. The van der Waals surface area contributed by atoms with E-state index in [0.717, 1.165) is 34.2 Å². The van der Waals surface area contributed by atoms with Crippen molar-refractivity contribution in [3.8, 4) is 17.0 Å². The van der Waals surface area contributed by atoms with E-state index in [1.165, 1.54) is 0 Å². The van der Waals surface area contributed by atoms with E-state index in [1.54, 1.807) is 23.2 Å². The number of carbonyl (C=O) groups is 3. The van der Waals surface area contributed by atoms with Gasteiger partial charge in [0, 0.05) is 17.4 Å². The van der Waals surface area contributed by atoms with Crippen LogP contribution in [0.15, 0.2) is 36.5 Å². The molecule has 0 fully saturated rings. The van der Waals surface area contributed by atoms with Crippen LogP contribution in [0.5, 0.6) is 5.88 Å². The third-order valence-electron chi connectivity index (χ3n) is 6.01. The second-order valence-corrected chi connectivity index (χ2v) is 9.73. The summed E-state index contributed by atoms with van der Waals surface area (Å²) in [7, 11) is 0. The van der Waals surface area contributed by atoms with Crippen LogP contribution in [0.1, 0.15) is 54.2 Å². The van der Waals surface area contributed by atoms with Gasteiger partial charge in [-0.25, -0.2) is 9.78 Å². The van der Waals surface area contributed by atoms with Crippen molar-refractivity contribution in [3.63, 3.8) is 0 Å². The Morgan fingerprint density at radius 2 is 2.06 bits per heavy atom. The van der Waals surface area contributed by atoms with E-state index < -0.39 is 17.8 Å². The minimum atomic E-state index is -0.694. The van der Waals surface area contributed by atoms with Crippen LogP contribution in [0.3, 0.4) is 0 Å². The van der Waals surface area contributed by atoms with Crippen LogP contribution in [0.25, 0.3) is 11.1 Å². The average Bonchev–Trinajstić information content (AvgIpc) is 3.42. The van der Waals surface area contributed by atoms with Gasteiger partial charge in [0.15, 0.2) is 12.4 Å². The monoisotopic (exact) mass is 474 g/mol. The minimum Gasteiger partial charge on any atom is -0.464 e. The summed E-state index contributed by atoms with van der Waals surface area (Å²) >= 11 is 0. The Morgan fingerprint density at radius 1 is 1.26 bits per heavy atom. The van der Waals surface area contributed by atoms with Crippen LogP contribution in [-0.4, -0.2) is 40.4 Å². The smallest absolute Gasteiger partial charge is 0.415 e. The summed E-state index contributed by atoms with van der Waals surface area (Å²) in [5.74, 6) is 0.267. The van der Waals surface area contributed by atoms with Crippen molar-refractivity contribution >= 4 is 29.7 Å². The number of aldehydes is 1. The molecule has 2 aliphatic heterocycles. The zero-order valence-corrected chi connectivity index (χ0v) is 20.0. The Kier molecular flexibility index (Phi) is 5.35. The number of benzene rings is 1. The molecule has 0 bridgehead atoms. The molecule has 0 radical (unpaired) electrons. The zero-order valence-electron chi connectivity index (χ0n) is 20.0. The highest BCUT2D eigenvalue weighted by molar-refractivity contribution is 6.00. The highest BCUT2D eigenvalue weighted by Crippen LogP contribution is 2.43. The lowest BCUT2D eigenvalue weighted by molar-refractivity contribution is -0.115. The van der Waals surface area contributed by atoms with Crippen LogP contribution in [0, 0.1) is 6.92 Å². The second kappa shape index (κ2) is 8.26. The lowest BCUT2D eigenvalue weighted by Crippen LogP contribution is -2.43. The van der Waals surface area contributed by atoms with Crippen molar-refractivity contribution in [2.24, 2.45) is 0 Å². The summed E-state index contributed by atoms with van der Waals surface area (Å²) in [5.41, 5.74) is 5.16. The molecule has 9 heteroatoms.